The zero-order chi connectivity index (χ0) is 21.8. The molecule has 1 aliphatic rings. The highest BCUT2D eigenvalue weighted by Gasteiger charge is 2.19. The van der Waals surface area contributed by atoms with E-state index >= 15 is 0 Å². The van der Waals surface area contributed by atoms with Gasteiger partial charge in [0.15, 0.2) is 0 Å². The molecule has 1 aromatic heterocycles. The summed E-state index contributed by atoms with van der Waals surface area (Å²) in [5, 5.41) is 3.43. The molecule has 3 aromatic rings. The van der Waals surface area contributed by atoms with Crippen molar-refractivity contribution in [2.75, 3.05) is 42.9 Å². The highest BCUT2D eigenvalue weighted by molar-refractivity contribution is 5.94. The van der Waals surface area contributed by atoms with Gasteiger partial charge in [0.2, 0.25) is 5.91 Å². The Morgan fingerprint density at radius 3 is 2.48 bits per heavy atom. The minimum absolute atomic E-state index is 0.119. The number of fused-ring (bicyclic) bond motifs is 1. The van der Waals surface area contributed by atoms with Crippen molar-refractivity contribution < 1.29 is 4.79 Å². The molecular formula is C23H27N5O3. The average molecular weight is 422 g/mol. The van der Waals surface area contributed by atoms with Crippen molar-refractivity contribution >= 4 is 28.2 Å². The average Bonchev–Trinajstić information content (AvgIpc) is 2.79. The second-order valence-corrected chi connectivity index (χ2v) is 7.66. The molecule has 0 aliphatic carbocycles. The minimum atomic E-state index is -0.509. The van der Waals surface area contributed by atoms with Gasteiger partial charge in [0.1, 0.15) is 0 Å². The van der Waals surface area contributed by atoms with Gasteiger partial charge in [-0.1, -0.05) is 31.2 Å². The van der Waals surface area contributed by atoms with Crippen LogP contribution in [0.15, 0.2) is 58.1 Å². The predicted molar refractivity (Wildman–Crippen MR) is 123 cm³/mol. The molecule has 0 spiro atoms. The van der Waals surface area contributed by atoms with E-state index in [-0.39, 0.29) is 18.9 Å². The van der Waals surface area contributed by atoms with E-state index in [1.54, 1.807) is 24.3 Å². The fourth-order valence-corrected chi connectivity index (χ4v) is 4.05. The van der Waals surface area contributed by atoms with E-state index in [1.165, 1.54) is 4.57 Å². The van der Waals surface area contributed by atoms with Crippen LogP contribution < -0.4 is 21.5 Å². The molecule has 8 heteroatoms. The third-order valence-corrected chi connectivity index (χ3v) is 5.81. The number of aryl methyl sites for hydroxylation is 1. The largest absolute Gasteiger partial charge is 0.367 e. The molecule has 31 heavy (non-hydrogen) atoms. The van der Waals surface area contributed by atoms with Gasteiger partial charge in [-0.25, -0.2) is 4.79 Å². The number of hydrogen-bond donors (Lipinski definition) is 2. The normalized spacial score (nSPS) is 14.7. The molecule has 0 radical (unpaired) electrons. The summed E-state index contributed by atoms with van der Waals surface area (Å²) in [7, 11) is 0. The van der Waals surface area contributed by atoms with Crippen molar-refractivity contribution in [2.45, 2.75) is 19.9 Å². The Morgan fingerprint density at radius 2 is 1.71 bits per heavy atom. The van der Waals surface area contributed by atoms with Crippen LogP contribution in [-0.4, -0.2) is 53.1 Å². The maximum Gasteiger partial charge on any atom is 0.328 e. The van der Waals surface area contributed by atoms with Gasteiger partial charge in [0.25, 0.3) is 5.56 Å². The summed E-state index contributed by atoms with van der Waals surface area (Å²) >= 11 is 0. The maximum atomic E-state index is 12.7. The fraction of sp³-hybridized carbons (Fsp3) is 0.348. The number of benzene rings is 2. The molecule has 1 fully saturated rings. The number of nitrogens with one attached hydrogen (secondary N) is 2. The first-order valence-corrected chi connectivity index (χ1v) is 10.6. The van der Waals surface area contributed by atoms with Crippen molar-refractivity contribution in [3.05, 3.63) is 69.4 Å². The number of anilines is 2. The monoisotopic (exact) mass is 421 g/mol. The van der Waals surface area contributed by atoms with Crippen molar-refractivity contribution in [1.29, 1.82) is 0 Å². The Labute approximate surface area is 180 Å². The quantitative estimate of drug-likeness (QED) is 0.634. The number of H-pyrrole nitrogens is 1. The van der Waals surface area contributed by atoms with Crippen molar-refractivity contribution in [1.82, 2.24) is 14.5 Å². The second-order valence-electron chi connectivity index (χ2n) is 7.66. The lowest BCUT2D eigenvalue weighted by Crippen LogP contribution is -2.46. The van der Waals surface area contributed by atoms with E-state index in [0.29, 0.717) is 10.9 Å². The molecular weight excluding hydrogens is 394 g/mol. The summed E-state index contributed by atoms with van der Waals surface area (Å²) in [4.78, 5) is 44.0. The Morgan fingerprint density at radius 1 is 1.00 bits per heavy atom. The molecule has 2 aromatic carbocycles. The highest BCUT2D eigenvalue weighted by atomic mass is 16.2. The number of aromatic amines is 1. The highest BCUT2D eigenvalue weighted by Crippen LogP contribution is 2.26. The summed E-state index contributed by atoms with van der Waals surface area (Å²) in [6.07, 6.45) is 0.119. The molecule has 0 bridgehead atoms. The number of para-hydroxylation sites is 3. The van der Waals surface area contributed by atoms with E-state index in [2.05, 4.69) is 27.0 Å². The van der Waals surface area contributed by atoms with Crippen LogP contribution in [-0.2, 0) is 11.3 Å². The lowest BCUT2D eigenvalue weighted by atomic mass is 10.2. The third kappa shape index (κ3) is 4.54. The van der Waals surface area contributed by atoms with Crippen LogP contribution in [0.2, 0.25) is 0 Å². The number of rotatable bonds is 6. The fourth-order valence-electron chi connectivity index (χ4n) is 4.05. The molecule has 2 heterocycles. The van der Waals surface area contributed by atoms with Gasteiger partial charge in [-0.05, 0) is 30.8 Å². The number of nitrogens with zero attached hydrogens (tertiary/aromatic N) is 3. The van der Waals surface area contributed by atoms with Crippen LogP contribution in [0.1, 0.15) is 13.3 Å². The van der Waals surface area contributed by atoms with E-state index in [9.17, 15) is 14.4 Å². The van der Waals surface area contributed by atoms with Gasteiger partial charge in [0.05, 0.1) is 22.3 Å². The number of amides is 1. The number of hydrogen-bond acceptors (Lipinski definition) is 5. The Kier molecular flexibility index (Phi) is 6.18. The topological polar surface area (TPSA) is 90.4 Å². The van der Waals surface area contributed by atoms with Gasteiger partial charge >= 0.3 is 5.69 Å². The van der Waals surface area contributed by atoms with Gasteiger partial charge in [-0.15, -0.1) is 0 Å². The molecule has 1 amide bonds. The standard InChI is InChI=1S/C23H27N5O3/c1-2-26-13-15-27(16-14-26)20-10-6-4-8-18(20)24-21(29)11-12-28-19-9-5-3-7-17(19)22(30)25-23(28)31/h3-10H,2,11-16H2,1H3,(H,24,29)(H,25,30,31). The second kappa shape index (κ2) is 9.18. The first-order chi connectivity index (χ1) is 15.1. The van der Waals surface area contributed by atoms with Crippen LogP contribution in [0.5, 0.6) is 0 Å². The van der Waals surface area contributed by atoms with Gasteiger partial charge in [0, 0.05) is 39.1 Å². The Balaban J connectivity index is 1.47. The van der Waals surface area contributed by atoms with E-state index in [4.69, 9.17) is 0 Å². The lowest BCUT2D eigenvalue weighted by Gasteiger charge is -2.36. The van der Waals surface area contributed by atoms with Crippen LogP contribution in [0, 0.1) is 0 Å². The maximum absolute atomic E-state index is 12.7. The SMILES string of the molecule is CCN1CCN(c2ccccc2NC(=O)CCn2c(=O)[nH]c(=O)c3ccccc32)CC1. The van der Waals surface area contributed by atoms with Gasteiger partial charge in [-0.3, -0.25) is 19.1 Å². The molecule has 1 aliphatic heterocycles. The number of piperazine rings is 1. The van der Waals surface area contributed by atoms with Crippen LogP contribution >= 0.6 is 0 Å². The summed E-state index contributed by atoms with van der Waals surface area (Å²) in [6.45, 7) is 7.23. The smallest absolute Gasteiger partial charge is 0.328 e. The Hall–Kier alpha value is -3.39. The predicted octanol–water partition coefficient (Wildman–Crippen LogP) is 1.86. The number of carbonyl (C=O) groups excluding carboxylic acids is 1. The van der Waals surface area contributed by atoms with Crippen LogP contribution in [0.25, 0.3) is 10.9 Å². The molecule has 0 saturated carbocycles. The summed E-state index contributed by atoms with van der Waals surface area (Å²) in [6, 6.07) is 14.7. The molecule has 0 atom stereocenters. The van der Waals surface area contributed by atoms with Crippen LogP contribution in [0.3, 0.4) is 0 Å². The molecule has 4 rings (SSSR count). The summed E-state index contributed by atoms with van der Waals surface area (Å²) in [5.41, 5.74) is 1.39. The Bertz CT molecular complexity index is 1190. The van der Waals surface area contributed by atoms with Gasteiger partial charge in [-0.2, -0.15) is 0 Å². The van der Waals surface area contributed by atoms with E-state index in [1.807, 2.05) is 24.3 Å². The first-order valence-electron chi connectivity index (χ1n) is 10.6. The number of carbonyl (C=O) groups is 1. The molecule has 2 N–H and O–H groups in total. The third-order valence-electron chi connectivity index (χ3n) is 5.81. The van der Waals surface area contributed by atoms with E-state index < -0.39 is 11.2 Å². The molecule has 1 saturated heterocycles. The van der Waals surface area contributed by atoms with Crippen molar-refractivity contribution in [3.8, 4) is 0 Å². The minimum Gasteiger partial charge on any atom is -0.367 e. The number of aromatic nitrogens is 2. The van der Waals surface area contributed by atoms with Gasteiger partial charge < -0.3 is 15.1 Å². The molecule has 0 unspecified atom stereocenters. The number of likely N-dealkylation sites (N-methyl/N-ethyl adjacent to an activating group) is 1. The molecule has 162 valence electrons. The van der Waals surface area contributed by atoms with Crippen LogP contribution in [0.4, 0.5) is 11.4 Å². The molecule has 8 nitrogen and oxygen atoms in total. The van der Waals surface area contributed by atoms with Crippen molar-refractivity contribution in [2.24, 2.45) is 0 Å². The zero-order valence-electron chi connectivity index (χ0n) is 17.6. The lowest BCUT2D eigenvalue weighted by molar-refractivity contribution is -0.116. The van der Waals surface area contributed by atoms with E-state index in [0.717, 1.165) is 44.1 Å². The van der Waals surface area contributed by atoms with Crippen molar-refractivity contribution in [3.63, 3.8) is 0 Å². The summed E-state index contributed by atoms with van der Waals surface area (Å²) in [5.74, 6) is -0.179. The first kappa shape index (κ1) is 20.9. The zero-order valence-corrected chi connectivity index (χ0v) is 17.6. The summed E-state index contributed by atoms with van der Waals surface area (Å²) < 4.78 is 1.44.